The van der Waals surface area contributed by atoms with Crippen LogP contribution in [0.15, 0.2) is 18.2 Å². The monoisotopic (exact) mass is 263 g/mol. The Morgan fingerprint density at radius 2 is 2.16 bits per heavy atom. The molecule has 2 rings (SSSR count). The number of nitrogens with two attached hydrogens (primary N) is 1. The Morgan fingerprint density at radius 3 is 2.89 bits per heavy atom. The number of hydrogen-bond donors (Lipinski definition) is 1. The maximum Gasteiger partial charge on any atom is 0.123 e. The fourth-order valence-corrected chi connectivity index (χ4v) is 2.80. The molecular weight excluding hydrogens is 238 g/mol. The lowest BCUT2D eigenvalue weighted by Crippen LogP contribution is -2.37. The lowest BCUT2D eigenvalue weighted by Gasteiger charge is -2.28. The molecule has 1 aromatic carbocycles. The Labute approximate surface area is 116 Å². The molecule has 0 bridgehead atoms. The molecule has 1 atom stereocenters. The highest BCUT2D eigenvalue weighted by Gasteiger charge is 2.20. The minimum atomic E-state index is 0.554. The van der Waals surface area contributed by atoms with Crippen molar-refractivity contribution in [2.45, 2.75) is 25.9 Å². The Kier molecular flexibility index (Phi) is 4.66. The number of likely N-dealkylation sites (N-methyl/N-ethyl adjacent to an activating group) is 1. The fourth-order valence-electron chi connectivity index (χ4n) is 2.80. The molecule has 1 unspecified atom stereocenters. The Morgan fingerprint density at radius 1 is 1.37 bits per heavy atom. The van der Waals surface area contributed by atoms with Crippen molar-refractivity contribution in [1.29, 1.82) is 0 Å². The van der Waals surface area contributed by atoms with Gasteiger partial charge in [-0.15, -0.1) is 0 Å². The zero-order valence-corrected chi connectivity index (χ0v) is 12.2. The molecule has 2 N–H and O–H groups in total. The summed E-state index contributed by atoms with van der Waals surface area (Å²) in [5.41, 5.74) is 7.87. The summed E-state index contributed by atoms with van der Waals surface area (Å²) in [4.78, 5) is 4.92. The second-order valence-corrected chi connectivity index (χ2v) is 5.51. The smallest absolute Gasteiger partial charge is 0.123 e. The first-order valence-electron chi connectivity index (χ1n) is 6.95. The summed E-state index contributed by atoms with van der Waals surface area (Å²) < 4.78 is 5.44. The van der Waals surface area contributed by atoms with Crippen LogP contribution in [0.1, 0.15) is 18.9 Å². The average Bonchev–Trinajstić information content (AvgIpc) is 2.52. The van der Waals surface area contributed by atoms with Gasteiger partial charge in [0.25, 0.3) is 0 Å². The van der Waals surface area contributed by atoms with Gasteiger partial charge < -0.3 is 15.4 Å². The molecule has 0 spiro atoms. The third-order valence-electron chi connectivity index (χ3n) is 3.86. The highest BCUT2D eigenvalue weighted by atomic mass is 16.5. The van der Waals surface area contributed by atoms with E-state index < -0.39 is 0 Å². The standard InChI is InChI=1S/C15H25N3O/c1-12-10-17(2)7-4-8-18(12)11-13-9-14(16)5-6-15(13)19-3/h5-6,9,12H,4,7-8,10-11,16H2,1-3H3. The summed E-state index contributed by atoms with van der Waals surface area (Å²) in [6, 6.07) is 6.43. The Balaban J connectivity index is 2.13. The summed E-state index contributed by atoms with van der Waals surface area (Å²) in [5, 5.41) is 0. The largest absolute Gasteiger partial charge is 0.496 e. The molecular formula is C15H25N3O. The van der Waals surface area contributed by atoms with Crippen LogP contribution in [0, 0.1) is 0 Å². The zero-order chi connectivity index (χ0) is 13.8. The van der Waals surface area contributed by atoms with Crippen molar-refractivity contribution in [2.75, 3.05) is 39.5 Å². The SMILES string of the molecule is COc1ccc(N)cc1CN1CCCN(C)CC1C. The van der Waals surface area contributed by atoms with Gasteiger partial charge in [0.15, 0.2) is 0 Å². The van der Waals surface area contributed by atoms with E-state index in [0.717, 1.165) is 31.1 Å². The summed E-state index contributed by atoms with van der Waals surface area (Å²) in [6.45, 7) is 6.62. The van der Waals surface area contributed by atoms with E-state index in [1.54, 1.807) is 7.11 Å². The number of anilines is 1. The van der Waals surface area contributed by atoms with Gasteiger partial charge in [0.2, 0.25) is 0 Å². The van der Waals surface area contributed by atoms with Crippen molar-refractivity contribution in [3.8, 4) is 5.75 Å². The molecule has 0 radical (unpaired) electrons. The molecule has 0 saturated carbocycles. The molecule has 0 amide bonds. The van der Waals surface area contributed by atoms with E-state index in [1.165, 1.54) is 18.5 Å². The van der Waals surface area contributed by atoms with E-state index in [2.05, 4.69) is 23.8 Å². The molecule has 4 heteroatoms. The highest BCUT2D eigenvalue weighted by Crippen LogP contribution is 2.24. The second-order valence-electron chi connectivity index (χ2n) is 5.51. The molecule has 0 aromatic heterocycles. The lowest BCUT2D eigenvalue weighted by molar-refractivity contribution is 0.192. The predicted octanol–water partition coefficient (Wildman–Crippen LogP) is 1.80. The maximum atomic E-state index is 5.89. The molecule has 19 heavy (non-hydrogen) atoms. The number of methoxy groups -OCH3 is 1. The third-order valence-corrected chi connectivity index (χ3v) is 3.86. The molecule has 1 aromatic rings. The van der Waals surface area contributed by atoms with Gasteiger partial charge in [-0.25, -0.2) is 0 Å². The van der Waals surface area contributed by atoms with Gasteiger partial charge in [0.05, 0.1) is 7.11 Å². The number of hydrogen-bond acceptors (Lipinski definition) is 4. The number of benzene rings is 1. The number of nitrogens with zero attached hydrogens (tertiary/aromatic N) is 2. The van der Waals surface area contributed by atoms with Crippen LogP contribution in [-0.2, 0) is 6.54 Å². The van der Waals surface area contributed by atoms with Gasteiger partial charge in [0.1, 0.15) is 5.75 Å². The van der Waals surface area contributed by atoms with E-state index in [-0.39, 0.29) is 0 Å². The molecule has 1 aliphatic heterocycles. The van der Waals surface area contributed by atoms with E-state index in [4.69, 9.17) is 10.5 Å². The van der Waals surface area contributed by atoms with E-state index >= 15 is 0 Å². The van der Waals surface area contributed by atoms with Crippen molar-refractivity contribution in [3.63, 3.8) is 0 Å². The molecule has 106 valence electrons. The van der Waals surface area contributed by atoms with Crippen LogP contribution in [-0.4, -0.2) is 49.6 Å². The zero-order valence-electron chi connectivity index (χ0n) is 12.2. The van der Waals surface area contributed by atoms with E-state index in [9.17, 15) is 0 Å². The van der Waals surface area contributed by atoms with Crippen molar-refractivity contribution in [1.82, 2.24) is 9.80 Å². The molecule has 1 saturated heterocycles. The van der Waals surface area contributed by atoms with Crippen molar-refractivity contribution < 1.29 is 4.74 Å². The van der Waals surface area contributed by atoms with Crippen LogP contribution in [0.2, 0.25) is 0 Å². The molecule has 1 heterocycles. The molecule has 1 fully saturated rings. The number of rotatable bonds is 3. The molecule has 0 aliphatic carbocycles. The first-order valence-corrected chi connectivity index (χ1v) is 6.95. The van der Waals surface area contributed by atoms with E-state index in [1.807, 2.05) is 18.2 Å². The van der Waals surface area contributed by atoms with Gasteiger partial charge in [-0.05, 0) is 45.1 Å². The van der Waals surface area contributed by atoms with Gasteiger partial charge >= 0.3 is 0 Å². The summed E-state index contributed by atoms with van der Waals surface area (Å²) >= 11 is 0. The highest BCUT2D eigenvalue weighted by molar-refractivity contribution is 5.47. The van der Waals surface area contributed by atoms with Gasteiger partial charge in [0, 0.05) is 36.9 Å². The third kappa shape index (κ3) is 3.61. The summed E-state index contributed by atoms with van der Waals surface area (Å²) in [6.07, 6.45) is 1.21. The minimum absolute atomic E-state index is 0.554. The average molecular weight is 263 g/mol. The Bertz CT molecular complexity index is 422. The van der Waals surface area contributed by atoms with Crippen LogP contribution in [0.25, 0.3) is 0 Å². The van der Waals surface area contributed by atoms with Crippen LogP contribution < -0.4 is 10.5 Å². The van der Waals surface area contributed by atoms with Crippen molar-refractivity contribution >= 4 is 5.69 Å². The summed E-state index contributed by atoms with van der Waals surface area (Å²) in [7, 11) is 3.91. The quantitative estimate of drug-likeness (QED) is 0.844. The normalized spacial score (nSPS) is 22.2. The van der Waals surface area contributed by atoms with Gasteiger partial charge in [-0.2, -0.15) is 0 Å². The van der Waals surface area contributed by atoms with Gasteiger partial charge in [-0.1, -0.05) is 0 Å². The minimum Gasteiger partial charge on any atom is -0.496 e. The van der Waals surface area contributed by atoms with E-state index in [0.29, 0.717) is 6.04 Å². The van der Waals surface area contributed by atoms with Crippen LogP contribution in [0.4, 0.5) is 5.69 Å². The van der Waals surface area contributed by atoms with Crippen LogP contribution >= 0.6 is 0 Å². The molecule has 4 nitrogen and oxygen atoms in total. The molecule has 1 aliphatic rings. The number of nitrogen functional groups attached to an aromatic ring is 1. The first-order chi connectivity index (χ1) is 9.10. The van der Waals surface area contributed by atoms with Crippen molar-refractivity contribution in [3.05, 3.63) is 23.8 Å². The Hall–Kier alpha value is -1.26. The van der Waals surface area contributed by atoms with Crippen LogP contribution in [0.3, 0.4) is 0 Å². The number of ether oxygens (including phenoxy) is 1. The summed E-state index contributed by atoms with van der Waals surface area (Å²) in [5.74, 6) is 0.930. The second kappa shape index (κ2) is 6.26. The predicted molar refractivity (Wildman–Crippen MR) is 79.4 cm³/mol. The lowest BCUT2D eigenvalue weighted by atomic mass is 10.1. The van der Waals surface area contributed by atoms with Crippen molar-refractivity contribution in [2.24, 2.45) is 0 Å². The fraction of sp³-hybridized carbons (Fsp3) is 0.600. The van der Waals surface area contributed by atoms with Crippen LogP contribution in [0.5, 0.6) is 5.75 Å². The topological polar surface area (TPSA) is 41.7 Å². The maximum absolute atomic E-state index is 5.89. The first kappa shape index (κ1) is 14.2. The van der Waals surface area contributed by atoms with Gasteiger partial charge in [-0.3, -0.25) is 4.90 Å².